The van der Waals surface area contributed by atoms with Gasteiger partial charge in [-0.2, -0.15) is 0 Å². The van der Waals surface area contributed by atoms with E-state index < -0.39 is 0 Å². The van der Waals surface area contributed by atoms with E-state index in [-0.39, 0.29) is 6.61 Å². The van der Waals surface area contributed by atoms with E-state index in [1.807, 2.05) is 29.8 Å². The zero-order chi connectivity index (χ0) is 12.7. The van der Waals surface area contributed by atoms with Crippen LogP contribution in [0.4, 0.5) is 0 Å². The molecule has 3 rings (SSSR count). The van der Waals surface area contributed by atoms with Crippen molar-refractivity contribution in [2.45, 2.75) is 32.3 Å². The van der Waals surface area contributed by atoms with Gasteiger partial charge in [-0.15, -0.1) is 5.10 Å². The molecule has 0 aliphatic heterocycles. The van der Waals surface area contributed by atoms with Crippen molar-refractivity contribution in [2.75, 3.05) is 0 Å². The SMILES string of the molecule is Cc1c(Cl)cccc1-n1nnc(CO)c1C1CC1. The summed E-state index contributed by atoms with van der Waals surface area (Å²) in [6.45, 7) is 1.90. The zero-order valence-electron chi connectivity index (χ0n) is 10.1. The van der Waals surface area contributed by atoms with Crippen LogP contribution in [-0.2, 0) is 6.61 Å². The molecular formula is C13H14ClN3O. The predicted octanol–water partition coefficient (Wildman–Crippen LogP) is 2.60. The highest BCUT2D eigenvalue weighted by Crippen LogP contribution is 2.42. The number of hydrogen-bond acceptors (Lipinski definition) is 3. The van der Waals surface area contributed by atoms with Crippen LogP contribution in [-0.4, -0.2) is 20.1 Å². The van der Waals surface area contributed by atoms with E-state index in [2.05, 4.69) is 10.3 Å². The summed E-state index contributed by atoms with van der Waals surface area (Å²) in [6, 6.07) is 5.74. The fraction of sp³-hybridized carbons (Fsp3) is 0.385. The van der Waals surface area contributed by atoms with Crippen molar-refractivity contribution < 1.29 is 5.11 Å². The molecule has 0 spiro atoms. The quantitative estimate of drug-likeness (QED) is 0.926. The molecule has 0 bridgehead atoms. The molecule has 4 nitrogen and oxygen atoms in total. The van der Waals surface area contributed by atoms with E-state index in [9.17, 15) is 5.11 Å². The second-order valence-electron chi connectivity index (χ2n) is 4.65. The Balaban J connectivity index is 2.17. The van der Waals surface area contributed by atoms with Crippen LogP contribution in [0.5, 0.6) is 0 Å². The molecular weight excluding hydrogens is 250 g/mol. The molecule has 1 N–H and O–H groups in total. The van der Waals surface area contributed by atoms with Crippen molar-refractivity contribution in [3.63, 3.8) is 0 Å². The molecule has 1 aliphatic rings. The van der Waals surface area contributed by atoms with Crippen molar-refractivity contribution in [3.8, 4) is 5.69 Å². The van der Waals surface area contributed by atoms with Crippen LogP contribution < -0.4 is 0 Å². The van der Waals surface area contributed by atoms with E-state index in [4.69, 9.17) is 11.6 Å². The molecule has 18 heavy (non-hydrogen) atoms. The molecule has 1 aromatic carbocycles. The maximum Gasteiger partial charge on any atom is 0.112 e. The Labute approximate surface area is 110 Å². The van der Waals surface area contributed by atoms with Gasteiger partial charge in [0.05, 0.1) is 18.0 Å². The van der Waals surface area contributed by atoms with Crippen LogP contribution in [0.1, 0.15) is 35.7 Å². The second kappa shape index (κ2) is 4.37. The number of rotatable bonds is 3. The minimum absolute atomic E-state index is 0.0640. The van der Waals surface area contributed by atoms with Gasteiger partial charge in [0, 0.05) is 10.9 Å². The molecule has 2 aromatic rings. The monoisotopic (exact) mass is 263 g/mol. The van der Waals surface area contributed by atoms with Crippen molar-refractivity contribution in [2.24, 2.45) is 0 Å². The highest BCUT2D eigenvalue weighted by molar-refractivity contribution is 6.31. The van der Waals surface area contributed by atoms with Gasteiger partial charge in [0.25, 0.3) is 0 Å². The van der Waals surface area contributed by atoms with Gasteiger partial charge in [0.15, 0.2) is 0 Å². The molecule has 1 aliphatic carbocycles. The van der Waals surface area contributed by atoms with Crippen LogP contribution in [0.2, 0.25) is 5.02 Å². The van der Waals surface area contributed by atoms with Gasteiger partial charge >= 0.3 is 0 Å². The molecule has 1 saturated carbocycles. The fourth-order valence-electron chi connectivity index (χ4n) is 2.20. The molecule has 1 fully saturated rings. The third-order valence-electron chi connectivity index (χ3n) is 3.36. The summed E-state index contributed by atoms with van der Waals surface area (Å²) < 4.78 is 1.82. The Bertz CT molecular complexity index is 590. The highest BCUT2D eigenvalue weighted by Gasteiger charge is 2.31. The second-order valence-corrected chi connectivity index (χ2v) is 5.06. The first kappa shape index (κ1) is 11.7. The van der Waals surface area contributed by atoms with Gasteiger partial charge in [-0.25, -0.2) is 4.68 Å². The summed E-state index contributed by atoms with van der Waals surface area (Å²) in [5, 5.41) is 18.3. The number of hydrogen-bond donors (Lipinski definition) is 1. The molecule has 1 aromatic heterocycles. The van der Waals surface area contributed by atoms with Crippen LogP contribution in [0.25, 0.3) is 5.69 Å². The molecule has 94 valence electrons. The van der Waals surface area contributed by atoms with E-state index in [1.54, 1.807) is 0 Å². The summed E-state index contributed by atoms with van der Waals surface area (Å²) in [5.41, 5.74) is 3.63. The van der Waals surface area contributed by atoms with Crippen molar-refractivity contribution in [3.05, 3.63) is 40.2 Å². The average Bonchev–Trinajstić information content (AvgIpc) is 3.12. The first-order valence-corrected chi connectivity index (χ1v) is 6.41. The summed E-state index contributed by atoms with van der Waals surface area (Å²) in [4.78, 5) is 0. The lowest BCUT2D eigenvalue weighted by Crippen LogP contribution is -2.04. The predicted molar refractivity (Wildman–Crippen MR) is 69.0 cm³/mol. The lowest BCUT2D eigenvalue weighted by molar-refractivity contribution is 0.275. The smallest absolute Gasteiger partial charge is 0.112 e. The van der Waals surface area contributed by atoms with Gasteiger partial charge in [0.1, 0.15) is 5.69 Å². The van der Waals surface area contributed by atoms with Crippen molar-refractivity contribution >= 4 is 11.6 Å². The molecule has 0 radical (unpaired) electrons. The lowest BCUT2D eigenvalue weighted by Gasteiger charge is -2.10. The Morgan fingerprint density at radius 3 is 2.89 bits per heavy atom. The Hall–Kier alpha value is -1.39. The van der Waals surface area contributed by atoms with E-state index in [1.165, 1.54) is 0 Å². The van der Waals surface area contributed by atoms with Crippen LogP contribution in [0, 0.1) is 6.92 Å². The van der Waals surface area contributed by atoms with Gasteiger partial charge in [-0.1, -0.05) is 22.9 Å². The molecule has 1 heterocycles. The van der Waals surface area contributed by atoms with E-state index in [0.717, 1.165) is 34.8 Å². The third kappa shape index (κ3) is 1.82. The number of nitrogens with zero attached hydrogens (tertiary/aromatic N) is 3. The summed E-state index contributed by atoms with van der Waals surface area (Å²) in [6.07, 6.45) is 2.28. The summed E-state index contributed by atoms with van der Waals surface area (Å²) in [7, 11) is 0. The van der Waals surface area contributed by atoms with Crippen molar-refractivity contribution in [1.29, 1.82) is 0 Å². The highest BCUT2D eigenvalue weighted by atomic mass is 35.5. The molecule has 5 heteroatoms. The number of aromatic nitrogens is 3. The zero-order valence-corrected chi connectivity index (χ0v) is 10.9. The molecule has 0 amide bonds. The Kier molecular flexibility index (Phi) is 2.84. The molecule has 0 atom stereocenters. The molecule has 0 unspecified atom stereocenters. The normalized spacial score (nSPS) is 15.1. The Morgan fingerprint density at radius 1 is 1.44 bits per heavy atom. The maximum absolute atomic E-state index is 9.34. The van der Waals surface area contributed by atoms with Crippen LogP contribution >= 0.6 is 11.6 Å². The largest absolute Gasteiger partial charge is 0.390 e. The summed E-state index contributed by atoms with van der Waals surface area (Å²) >= 11 is 6.14. The van der Waals surface area contributed by atoms with Crippen molar-refractivity contribution in [1.82, 2.24) is 15.0 Å². The van der Waals surface area contributed by atoms with Gasteiger partial charge in [-0.05, 0) is 37.5 Å². The average molecular weight is 264 g/mol. The maximum atomic E-state index is 9.34. The summed E-state index contributed by atoms with van der Waals surface area (Å²) in [5.74, 6) is 0.473. The lowest BCUT2D eigenvalue weighted by atomic mass is 10.1. The van der Waals surface area contributed by atoms with Gasteiger partial charge in [0.2, 0.25) is 0 Å². The van der Waals surface area contributed by atoms with Gasteiger partial charge in [-0.3, -0.25) is 0 Å². The number of halogens is 1. The van der Waals surface area contributed by atoms with Crippen LogP contribution in [0.3, 0.4) is 0 Å². The fourth-order valence-corrected chi connectivity index (χ4v) is 2.37. The topological polar surface area (TPSA) is 50.9 Å². The van der Waals surface area contributed by atoms with E-state index >= 15 is 0 Å². The van der Waals surface area contributed by atoms with Gasteiger partial charge < -0.3 is 5.11 Å². The minimum atomic E-state index is -0.0640. The third-order valence-corrected chi connectivity index (χ3v) is 3.77. The molecule has 0 saturated heterocycles. The first-order valence-electron chi connectivity index (χ1n) is 6.03. The first-order chi connectivity index (χ1) is 8.72. The Morgan fingerprint density at radius 2 is 2.22 bits per heavy atom. The van der Waals surface area contributed by atoms with Crippen LogP contribution in [0.15, 0.2) is 18.2 Å². The number of aliphatic hydroxyl groups excluding tert-OH is 1. The standard InChI is InChI=1S/C13H14ClN3O/c1-8-10(14)3-2-4-12(8)17-13(9-5-6-9)11(7-18)15-16-17/h2-4,9,18H,5-7H2,1H3. The number of benzene rings is 1. The minimum Gasteiger partial charge on any atom is -0.390 e. The van der Waals surface area contributed by atoms with E-state index in [0.29, 0.717) is 11.6 Å². The number of aliphatic hydroxyl groups is 1.